The van der Waals surface area contributed by atoms with Gasteiger partial charge in [0, 0.05) is 35.4 Å². The van der Waals surface area contributed by atoms with Gasteiger partial charge in [0.1, 0.15) is 5.69 Å². The lowest BCUT2D eigenvalue weighted by molar-refractivity contribution is -0.384. The molecule has 3 rings (SSSR count). The number of aryl methyl sites for hydroxylation is 1. The third-order valence-corrected chi connectivity index (χ3v) is 5.06. The van der Waals surface area contributed by atoms with Crippen LogP contribution in [-0.2, 0) is 4.74 Å². The van der Waals surface area contributed by atoms with Crippen molar-refractivity contribution in [2.75, 3.05) is 36.5 Å². The monoisotopic (exact) mass is 434 g/mol. The van der Waals surface area contributed by atoms with Crippen molar-refractivity contribution in [3.8, 4) is 0 Å². The molecular formula is C19H19ClN4O4S. The number of thiocarbonyl (C=S) groups is 1. The molecule has 0 aromatic heterocycles. The predicted octanol–water partition coefficient (Wildman–Crippen LogP) is 3.52. The number of nitro benzene ring substituents is 1. The fourth-order valence-corrected chi connectivity index (χ4v) is 3.27. The summed E-state index contributed by atoms with van der Waals surface area (Å²) in [5.41, 5.74) is 2.07. The van der Waals surface area contributed by atoms with E-state index in [2.05, 4.69) is 10.6 Å². The average molecular weight is 435 g/mol. The molecule has 2 aromatic rings. The highest BCUT2D eigenvalue weighted by molar-refractivity contribution is 7.80. The number of nitrogens with one attached hydrogen (secondary N) is 2. The maximum Gasteiger partial charge on any atom is 0.294 e. The van der Waals surface area contributed by atoms with Crippen molar-refractivity contribution < 1.29 is 14.5 Å². The zero-order valence-electron chi connectivity index (χ0n) is 15.6. The number of nitrogens with zero attached hydrogens (tertiary/aromatic N) is 2. The molecule has 1 aliphatic heterocycles. The standard InChI is InChI=1S/C19H19ClN4O4S/c1-12-10-13(2-4-15(12)20)18(25)22-19(29)21-14-3-5-16(17(11-14)24(26)27)23-6-8-28-9-7-23/h2-5,10-11H,6-9H2,1H3,(H2,21,22,25,29). The van der Waals surface area contributed by atoms with Crippen molar-refractivity contribution in [1.82, 2.24) is 5.32 Å². The molecular weight excluding hydrogens is 416 g/mol. The molecule has 0 unspecified atom stereocenters. The lowest BCUT2D eigenvalue weighted by Crippen LogP contribution is -2.36. The highest BCUT2D eigenvalue weighted by Gasteiger charge is 2.22. The van der Waals surface area contributed by atoms with Crippen molar-refractivity contribution in [2.24, 2.45) is 0 Å². The Bertz CT molecular complexity index is 963. The third-order valence-electron chi connectivity index (χ3n) is 4.43. The van der Waals surface area contributed by atoms with Gasteiger partial charge in [-0.15, -0.1) is 0 Å². The first-order chi connectivity index (χ1) is 13.8. The van der Waals surface area contributed by atoms with Gasteiger partial charge in [-0.25, -0.2) is 0 Å². The minimum absolute atomic E-state index is 0.0380. The number of hydrogen-bond acceptors (Lipinski definition) is 6. The molecule has 1 fully saturated rings. The number of benzene rings is 2. The van der Waals surface area contributed by atoms with Crippen LogP contribution in [0.2, 0.25) is 5.02 Å². The van der Waals surface area contributed by atoms with E-state index in [9.17, 15) is 14.9 Å². The van der Waals surface area contributed by atoms with Crippen LogP contribution in [0, 0.1) is 17.0 Å². The Morgan fingerprint density at radius 2 is 1.97 bits per heavy atom. The van der Waals surface area contributed by atoms with Crippen molar-refractivity contribution in [2.45, 2.75) is 6.92 Å². The smallest absolute Gasteiger partial charge is 0.294 e. The summed E-state index contributed by atoms with van der Waals surface area (Å²) in [6, 6.07) is 9.63. The Balaban J connectivity index is 1.71. The van der Waals surface area contributed by atoms with Crippen LogP contribution >= 0.6 is 23.8 Å². The van der Waals surface area contributed by atoms with Crippen LogP contribution in [0.15, 0.2) is 36.4 Å². The molecule has 1 amide bonds. The van der Waals surface area contributed by atoms with Crippen LogP contribution in [-0.4, -0.2) is 42.2 Å². The van der Waals surface area contributed by atoms with Crippen LogP contribution in [0.25, 0.3) is 0 Å². The van der Waals surface area contributed by atoms with Gasteiger partial charge < -0.3 is 15.0 Å². The van der Waals surface area contributed by atoms with E-state index in [0.29, 0.717) is 48.3 Å². The summed E-state index contributed by atoms with van der Waals surface area (Å²) in [5.74, 6) is -0.401. The molecule has 0 bridgehead atoms. The summed E-state index contributed by atoms with van der Waals surface area (Å²) >= 11 is 11.1. The quantitative estimate of drug-likeness (QED) is 0.431. The fourth-order valence-electron chi connectivity index (χ4n) is 2.94. The molecule has 29 heavy (non-hydrogen) atoms. The number of carbonyl (C=O) groups excluding carboxylic acids is 1. The van der Waals surface area contributed by atoms with E-state index >= 15 is 0 Å². The number of rotatable bonds is 4. The second-order valence-corrected chi connectivity index (χ2v) is 7.25. The molecule has 0 atom stereocenters. The first-order valence-corrected chi connectivity index (χ1v) is 9.63. The zero-order valence-corrected chi connectivity index (χ0v) is 17.2. The lowest BCUT2D eigenvalue weighted by atomic mass is 10.1. The molecule has 0 radical (unpaired) electrons. The average Bonchev–Trinajstić information content (AvgIpc) is 2.70. The topological polar surface area (TPSA) is 96.7 Å². The van der Waals surface area contributed by atoms with Crippen LogP contribution in [0.3, 0.4) is 0 Å². The zero-order chi connectivity index (χ0) is 21.0. The van der Waals surface area contributed by atoms with E-state index in [1.54, 1.807) is 37.3 Å². The van der Waals surface area contributed by atoms with Gasteiger partial charge in [-0.3, -0.25) is 20.2 Å². The number of ether oxygens (including phenoxy) is 1. The predicted molar refractivity (Wildman–Crippen MR) is 116 cm³/mol. The van der Waals surface area contributed by atoms with Gasteiger partial charge in [0.25, 0.3) is 11.6 Å². The normalized spacial score (nSPS) is 13.7. The number of morpholine rings is 1. The number of hydrogen-bond donors (Lipinski definition) is 2. The van der Waals surface area contributed by atoms with Crippen LogP contribution in [0.4, 0.5) is 17.1 Å². The Hall–Kier alpha value is -2.75. The molecule has 10 heteroatoms. The first-order valence-electron chi connectivity index (χ1n) is 8.85. The number of halogens is 1. The van der Waals surface area contributed by atoms with Gasteiger partial charge in [0.2, 0.25) is 0 Å². The molecule has 1 heterocycles. The molecule has 0 spiro atoms. The van der Waals surface area contributed by atoms with Crippen molar-refractivity contribution in [3.05, 3.63) is 62.7 Å². The highest BCUT2D eigenvalue weighted by atomic mass is 35.5. The van der Waals surface area contributed by atoms with E-state index in [0.717, 1.165) is 5.56 Å². The summed E-state index contributed by atoms with van der Waals surface area (Å²) < 4.78 is 5.30. The van der Waals surface area contributed by atoms with Crippen LogP contribution < -0.4 is 15.5 Å². The summed E-state index contributed by atoms with van der Waals surface area (Å²) in [6.07, 6.45) is 0. The van der Waals surface area contributed by atoms with Gasteiger partial charge in [-0.1, -0.05) is 11.6 Å². The molecule has 8 nitrogen and oxygen atoms in total. The summed E-state index contributed by atoms with van der Waals surface area (Å²) in [6.45, 7) is 4.02. The van der Waals surface area contributed by atoms with Gasteiger partial charge in [-0.05, 0) is 55.0 Å². The fraction of sp³-hybridized carbons (Fsp3) is 0.263. The summed E-state index contributed by atoms with van der Waals surface area (Å²) in [4.78, 5) is 25.3. The molecule has 2 N–H and O–H groups in total. The van der Waals surface area contributed by atoms with E-state index in [4.69, 9.17) is 28.6 Å². The SMILES string of the molecule is Cc1cc(C(=O)NC(=S)Nc2ccc(N3CCOCC3)c([N+](=O)[O-])c2)ccc1Cl. The molecule has 2 aromatic carbocycles. The lowest BCUT2D eigenvalue weighted by Gasteiger charge is -2.28. The van der Waals surface area contributed by atoms with Gasteiger partial charge in [-0.2, -0.15) is 0 Å². The highest BCUT2D eigenvalue weighted by Crippen LogP contribution is 2.31. The van der Waals surface area contributed by atoms with Gasteiger partial charge >= 0.3 is 0 Å². The number of nitro groups is 1. The van der Waals surface area contributed by atoms with E-state index < -0.39 is 10.8 Å². The first kappa shape index (κ1) is 21.0. The number of carbonyl (C=O) groups is 1. The van der Waals surface area contributed by atoms with E-state index in [1.165, 1.54) is 6.07 Å². The molecule has 1 saturated heterocycles. The summed E-state index contributed by atoms with van der Waals surface area (Å²) in [7, 11) is 0. The Labute approximate surface area is 177 Å². The number of amides is 1. The van der Waals surface area contributed by atoms with Crippen molar-refractivity contribution in [1.29, 1.82) is 0 Å². The van der Waals surface area contributed by atoms with E-state index in [1.807, 2.05) is 4.90 Å². The third kappa shape index (κ3) is 5.20. The maximum atomic E-state index is 12.3. The Morgan fingerprint density at radius 3 is 2.62 bits per heavy atom. The Kier molecular flexibility index (Phi) is 6.63. The minimum atomic E-state index is -0.436. The van der Waals surface area contributed by atoms with Gasteiger partial charge in [0.05, 0.1) is 18.1 Å². The maximum absolute atomic E-state index is 12.3. The minimum Gasteiger partial charge on any atom is -0.378 e. The second kappa shape index (κ2) is 9.17. The van der Waals surface area contributed by atoms with E-state index in [-0.39, 0.29) is 10.8 Å². The molecule has 152 valence electrons. The summed E-state index contributed by atoms with van der Waals surface area (Å²) in [5, 5.41) is 17.5. The van der Waals surface area contributed by atoms with Gasteiger partial charge in [0.15, 0.2) is 5.11 Å². The molecule has 0 saturated carbocycles. The number of anilines is 2. The largest absolute Gasteiger partial charge is 0.378 e. The van der Waals surface area contributed by atoms with Crippen molar-refractivity contribution >= 4 is 51.9 Å². The van der Waals surface area contributed by atoms with Crippen LogP contribution in [0.5, 0.6) is 0 Å². The molecule has 0 aliphatic carbocycles. The van der Waals surface area contributed by atoms with Crippen LogP contribution in [0.1, 0.15) is 15.9 Å². The molecule has 1 aliphatic rings. The Morgan fingerprint density at radius 1 is 1.24 bits per heavy atom. The van der Waals surface area contributed by atoms with Crippen molar-refractivity contribution in [3.63, 3.8) is 0 Å². The second-order valence-electron chi connectivity index (χ2n) is 6.43.